The Labute approximate surface area is 191 Å². The van der Waals surface area contributed by atoms with Gasteiger partial charge in [-0.15, -0.1) is 0 Å². The highest BCUT2D eigenvalue weighted by Crippen LogP contribution is 2.38. The zero-order valence-electron chi connectivity index (χ0n) is 17.9. The molecule has 5 rings (SSSR count). The molecule has 0 amide bonds. The van der Waals surface area contributed by atoms with E-state index in [1.54, 1.807) is 0 Å². The Hall–Kier alpha value is -3.70. The van der Waals surface area contributed by atoms with Gasteiger partial charge in [0.05, 0.1) is 22.3 Å². The molecule has 1 aromatic heterocycles. The lowest BCUT2D eigenvalue weighted by molar-refractivity contribution is 0.400. The molecule has 0 aliphatic carbocycles. The number of hydrogen-bond acceptors (Lipinski definition) is 4. The van der Waals surface area contributed by atoms with Gasteiger partial charge in [0.2, 0.25) is 5.88 Å². The van der Waals surface area contributed by atoms with Crippen LogP contribution in [0.5, 0.6) is 5.88 Å². The zero-order valence-corrected chi connectivity index (χ0v) is 18.8. The lowest BCUT2D eigenvalue weighted by atomic mass is 10.0. The first-order valence-corrected chi connectivity index (χ1v) is 11.4. The summed E-state index contributed by atoms with van der Waals surface area (Å²) in [7, 11) is 0. The van der Waals surface area contributed by atoms with Crippen LogP contribution in [-0.4, -0.2) is 15.4 Å². The molecule has 32 heavy (non-hydrogen) atoms. The van der Waals surface area contributed by atoms with Crippen LogP contribution in [-0.2, 0) is 0 Å². The molecule has 0 bridgehead atoms. The van der Waals surface area contributed by atoms with E-state index in [1.807, 2.05) is 84.3 Å². The van der Waals surface area contributed by atoms with E-state index < -0.39 is 0 Å². The molecule has 4 aromatic rings. The van der Waals surface area contributed by atoms with Gasteiger partial charge in [-0.3, -0.25) is 9.56 Å². The fourth-order valence-corrected chi connectivity index (χ4v) is 5.02. The van der Waals surface area contributed by atoms with Crippen LogP contribution in [0, 0.1) is 0 Å². The summed E-state index contributed by atoms with van der Waals surface area (Å²) in [5.41, 5.74) is 5.99. The summed E-state index contributed by atoms with van der Waals surface area (Å²) in [5, 5.41) is 11.3. The van der Waals surface area contributed by atoms with Gasteiger partial charge in [-0.2, -0.15) is 0 Å². The molecular formula is C27H23N3OS. The standard InChI is InChI=1S/C27H23N3OS/c1-18-23(22-15-9-10-16-24(22)28-18)17-25-26(31)30(19(2)20-11-5-3-6-12-20)27(32-25)29-21-13-7-4-8-14-21/h3-17,19,31H,1-2H3/t19-/m0/s1. The van der Waals surface area contributed by atoms with Gasteiger partial charge in [-0.05, 0) is 43.7 Å². The molecule has 1 N–H and O–H groups in total. The van der Waals surface area contributed by atoms with Crippen molar-refractivity contribution in [1.29, 1.82) is 0 Å². The average molecular weight is 438 g/mol. The molecule has 3 aromatic carbocycles. The third-order valence-electron chi connectivity index (χ3n) is 5.65. The Bertz CT molecular complexity index is 1400. The number of hydrogen-bond donors (Lipinski definition) is 1. The van der Waals surface area contributed by atoms with Gasteiger partial charge >= 0.3 is 0 Å². The van der Waals surface area contributed by atoms with Gasteiger partial charge in [-0.1, -0.05) is 78.1 Å². The molecule has 0 saturated heterocycles. The molecule has 1 aliphatic heterocycles. The van der Waals surface area contributed by atoms with Crippen molar-refractivity contribution in [3.05, 3.63) is 106 Å². The van der Waals surface area contributed by atoms with E-state index in [4.69, 9.17) is 4.99 Å². The minimum Gasteiger partial charge on any atom is -0.493 e. The van der Waals surface area contributed by atoms with E-state index in [0.29, 0.717) is 0 Å². The quantitative estimate of drug-likeness (QED) is 0.377. The van der Waals surface area contributed by atoms with Gasteiger partial charge < -0.3 is 5.11 Å². The maximum absolute atomic E-state index is 11.3. The van der Waals surface area contributed by atoms with Gasteiger partial charge in [0.1, 0.15) is 0 Å². The van der Waals surface area contributed by atoms with E-state index in [-0.39, 0.29) is 11.9 Å². The maximum atomic E-state index is 11.3. The van der Waals surface area contributed by atoms with E-state index >= 15 is 0 Å². The molecule has 2 heterocycles. The SMILES string of the molecule is CC1=Nc2ccccc2C1=Cc1sc(=Nc2ccccc2)n([C@@H](C)c2ccccc2)c1O. The number of aliphatic imine (C=N–C) groups is 1. The highest BCUT2D eigenvalue weighted by molar-refractivity contribution is 7.10. The van der Waals surface area contributed by atoms with Crippen LogP contribution in [0.3, 0.4) is 0 Å². The number of nitrogens with zero attached hydrogens (tertiary/aromatic N) is 3. The van der Waals surface area contributed by atoms with Crippen molar-refractivity contribution in [3.63, 3.8) is 0 Å². The van der Waals surface area contributed by atoms with Crippen molar-refractivity contribution in [2.45, 2.75) is 19.9 Å². The van der Waals surface area contributed by atoms with Crippen molar-refractivity contribution in [1.82, 2.24) is 4.57 Å². The molecule has 0 unspecified atom stereocenters. The monoisotopic (exact) mass is 437 g/mol. The first kappa shape index (κ1) is 20.2. The summed E-state index contributed by atoms with van der Waals surface area (Å²) in [4.78, 5) is 11.1. The van der Waals surface area contributed by atoms with Crippen molar-refractivity contribution < 1.29 is 5.11 Å². The number of rotatable bonds is 4. The molecular weight excluding hydrogens is 414 g/mol. The van der Waals surface area contributed by atoms with Crippen molar-refractivity contribution in [2.24, 2.45) is 9.98 Å². The molecule has 4 nitrogen and oxygen atoms in total. The lowest BCUT2D eigenvalue weighted by Gasteiger charge is -2.15. The largest absolute Gasteiger partial charge is 0.493 e. The summed E-state index contributed by atoms with van der Waals surface area (Å²) < 4.78 is 1.91. The second-order valence-corrected chi connectivity index (χ2v) is 8.76. The van der Waals surface area contributed by atoms with Gasteiger partial charge in [0.15, 0.2) is 4.80 Å². The van der Waals surface area contributed by atoms with Crippen LogP contribution in [0.15, 0.2) is 94.9 Å². The molecule has 0 spiro atoms. The van der Waals surface area contributed by atoms with Crippen molar-refractivity contribution in [3.8, 4) is 5.88 Å². The number of fused-ring (bicyclic) bond motifs is 1. The highest BCUT2D eigenvalue weighted by atomic mass is 32.1. The van der Waals surface area contributed by atoms with Crippen LogP contribution in [0.1, 0.15) is 35.9 Å². The summed E-state index contributed by atoms with van der Waals surface area (Å²) in [6, 6.07) is 28.0. The normalized spacial score (nSPS) is 15.6. The first-order chi connectivity index (χ1) is 15.6. The van der Waals surface area contributed by atoms with Crippen LogP contribution < -0.4 is 4.80 Å². The maximum Gasteiger partial charge on any atom is 0.211 e. The average Bonchev–Trinajstić information content (AvgIpc) is 3.30. The Morgan fingerprint density at radius 2 is 1.59 bits per heavy atom. The number of para-hydroxylation sites is 2. The minimum absolute atomic E-state index is 0.0762. The van der Waals surface area contributed by atoms with Crippen molar-refractivity contribution >= 4 is 40.1 Å². The van der Waals surface area contributed by atoms with E-state index in [0.717, 1.165) is 43.5 Å². The van der Waals surface area contributed by atoms with Crippen molar-refractivity contribution in [2.75, 3.05) is 0 Å². The minimum atomic E-state index is -0.0762. The molecule has 158 valence electrons. The fourth-order valence-electron chi connectivity index (χ4n) is 3.96. The predicted octanol–water partition coefficient (Wildman–Crippen LogP) is 6.74. The Morgan fingerprint density at radius 3 is 2.34 bits per heavy atom. The van der Waals surface area contributed by atoms with Crippen LogP contribution in [0.25, 0.3) is 11.6 Å². The molecule has 0 fully saturated rings. The lowest BCUT2D eigenvalue weighted by Crippen LogP contribution is -2.19. The zero-order chi connectivity index (χ0) is 22.1. The third-order valence-corrected chi connectivity index (χ3v) is 6.64. The summed E-state index contributed by atoms with van der Waals surface area (Å²) in [6.45, 7) is 4.09. The molecule has 1 atom stereocenters. The molecule has 5 heteroatoms. The smallest absolute Gasteiger partial charge is 0.211 e. The van der Waals surface area contributed by atoms with Gasteiger partial charge in [0.25, 0.3) is 0 Å². The third kappa shape index (κ3) is 3.72. The number of thiazole rings is 1. The number of aromatic nitrogens is 1. The van der Waals surface area contributed by atoms with Crippen LogP contribution in [0.2, 0.25) is 0 Å². The van der Waals surface area contributed by atoms with Gasteiger partial charge in [0, 0.05) is 16.8 Å². The van der Waals surface area contributed by atoms with Gasteiger partial charge in [-0.25, -0.2) is 4.99 Å². The fraction of sp³-hybridized carbons (Fsp3) is 0.111. The molecule has 0 saturated carbocycles. The second-order valence-electron chi connectivity index (χ2n) is 7.75. The summed E-state index contributed by atoms with van der Waals surface area (Å²) in [5.74, 6) is 0.214. The van der Waals surface area contributed by atoms with E-state index in [9.17, 15) is 5.11 Å². The number of benzene rings is 3. The van der Waals surface area contributed by atoms with Crippen LogP contribution >= 0.6 is 11.3 Å². The second kappa shape index (κ2) is 8.44. The number of allylic oxidation sites excluding steroid dienone is 1. The summed E-state index contributed by atoms with van der Waals surface area (Å²) in [6.07, 6.45) is 2.03. The molecule has 0 radical (unpaired) electrons. The first-order valence-electron chi connectivity index (χ1n) is 10.6. The molecule has 1 aliphatic rings. The Kier molecular flexibility index (Phi) is 5.33. The topological polar surface area (TPSA) is 49.9 Å². The summed E-state index contributed by atoms with van der Waals surface area (Å²) >= 11 is 1.48. The Balaban J connectivity index is 1.69. The van der Waals surface area contributed by atoms with E-state index in [2.05, 4.69) is 30.1 Å². The van der Waals surface area contributed by atoms with Crippen LogP contribution in [0.4, 0.5) is 11.4 Å². The number of aromatic hydroxyl groups is 1. The van der Waals surface area contributed by atoms with E-state index in [1.165, 1.54) is 11.3 Å². The predicted molar refractivity (Wildman–Crippen MR) is 133 cm³/mol. The Morgan fingerprint density at radius 1 is 0.938 bits per heavy atom. The highest BCUT2D eigenvalue weighted by Gasteiger charge is 2.21.